The molecule has 2 atom stereocenters. The van der Waals surface area contributed by atoms with Crippen molar-refractivity contribution in [3.8, 4) is 0 Å². The maximum absolute atomic E-state index is 5.80. The lowest BCUT2D eigenvalue weighted by atomic mass is 9.92. The molecule has 2 unspecified atom stereocenters. The van der Waals surface area contributed by atoms with Crippen molar-refractivity contribution < 1.29 is 4.74 Å². The van der Waals surface area contributed by atoms with Gasteiger partial charge in [-0.2, -0.15) is 0 Å². The molecular weight excluding hydrogens is 224 g/mol. The van der Waals surface area contributed by atoms with E-state index in [1.54, 1.807) is 0 Å². The molecule has 1 aliphatic rings. The predicted molar refractivity (Wildman–Crippen MR) is 71.1 cm³/mol. The van der Waals surface area contributed by atoms with Crippen LogP contribution in [-0.2, 0) is 4.74 Å². The highest BCUT2D eigenvalue weighted by Gasteiger charge is 2.24. The smallest absolute Gasteiger partial charge is 0.0597 e. The SMILES string of the molecule is CC1CCN(CCOC(C)C)C(CN)C1.Cl. The Morgan fingerprint density at radius 3 is 2.69 bits per heavy atom. The molecule has 16 heavy (non-hydrogen) atoms. The van der Waals surface area contributed by atoms with Gasteiger partial charge in [-0.3, -0.25) is 4.90 Å². The van der Waals surface area contributed by atoms with Gasteiger partial charge in [0, 0.05) is 19.1 Å². The van der Waals surface area contributed by atoms with E-state index in [1.807, 2.05) is 0 Å². The second kappa shape index (κ2) is 8.29. The summed E-state index contributed by atoms with van der Waals surface area (Å²) in [4.78, 5) is 2.49. The third kappa shape index (κ3) is 5.48. The van der Waals surface area contributed by atoms with Gasteiger partial charge in [0.1, 0.15) is 0 Å². The minimum Gasteiger partial charge on any atom is -0.377 e. The predicted octanol–water partition coefficient (Wildman–Crippen LogP) is 1.89. The molecule has 4 heteroatoms. The zero-order valence-electron chi connectivity index (χ0n) is 10.8. The second-order valence-electron chi connectivity index (χ2n) is 4.97. The largest absolute Gasteiger partial charge is 0.377 e. The second-order valence-corrected chi connectivity index (χ2v) is 4.97. The van der Waals surface area contributed by atoms with Gasteiger partial charge < -0.3 is 10.5 Å². The van der Waals surface area contributed by atoms with E-state index in [0.29, 0.717) is 12.1 Å². The van der Waals surface area contributed by atoms with Crippen LogP contribution < -0.4 is 5.73 Å². The summed E-state index contributed by atoms with van der Waals surface area (Å²) in [6.07, 6.45) is 2.89. The highest BCUT2D eigenvalue weighted by atomic mass is 35.5. The molecule has 0 bridgehead atoms. The number of rotatable bonds is 5. The number of nitrogens with two attached hydrogens (primary N) is 1. The molecule has 2 N–H and O–H groups in total. The number of likely N-dealkylation sites (tertiary alicyclic amines) is 1. The molecule has 0 aromatic rings. The van der Waals surface area contributed by atoms with Crippen molar-refractivity contribution in [1.29, 1.82) is 0 Å². The van der Waals surface area contributed by atoms with E-state index in [4.69, 9.17) is 10.5 Å². The standard InChI is InChI=1S/C12H26N2O.ClH/c1-10(2)15-7-6-14-5-4-11(3)8-12(14)9-13;/h10-12H,4-9,13H2,1-3H3;1H. The third-order valence-corrected chi connectivity index (χ3v) is 3.20. The molecule has 1 saturated heterocycles. The Bertz CT molecular complexity index is 178. The van der Waals surface area contributed by atoms with Gasteiger partial charge in [-0.1, -0.05) is 6.92 Å². The third-order valence-electron chi connectivity index (χ3n) is 3.20. The zero-order chi connectivity index (χ0) is 11.3. The van der Waals surface area contributed by atoms with E-state index < -0.39 is 0 Å². The first-order chi connectivity index (χ1) is 7.13. The van der Waals surface area contributed by atoms with Gasteiger partial charge in [-0.05, 0) is 39.2 Å². The van der Waals surface area contributed by atoms with Crippen LogP contribution in [0.4, 0.5) is 0 Å². The van der Waals surface area contributed by atoms with Crippen molar-refractivity contribution >= 4 is 12.4 Å². The highest BCUT2D eigenvalue weighted by Crippen LogP contribution is 2.21. The van der Waals surface area contributed by atoms with Crippen LogP contribution in [0.1, 0.15) is 33.6 Å². The number of ether oxygens (including phenoxy) is 1. The molecule has 1 fully saturated rings. The summed E-state index contributed by atoms with van der Waals surface area (Å²) in [5, 5.41) is 0. The lowest BCUT2D eigenvalue weighted by Crippen LogP contribution is -2.47. The topological polar surface area (TPSA) is 38.5 Å². The van der Waals surface area contributed by atoms with Crippen LogP contribution >= 0.6 is 12.4 Å². The summed E-state index contributed by atoms with van der Waals surface area (Å²) in [5.41, 5.74) is 5.80. The minimum absolute atomic E-state index is 0. The van der Waals surface area contributed by atoms with Crippen molar-refractivity contribution in [2.75, 3.05) is 26.2 Å². The Morgan fingerprint density at radius 2 is 2.12 bits per heavy atom. The Balaban J connectivity index is 0.00000225. The van der Waals surface area contributed by atoms with E-state index in [1.165, 1.54) is 19.4 Å². The number of hydrogen-bond donors (Lipinski definition) is 1. The summed E-state index contributed by atoms with van der Waals surface area (Å²) in [6.45, 7) is 10.3. The van der Waals surface area contributed by atoms with Crippen LogP contribution in [0.5, 0.6) is 0 Å². The van der Waals surface area contributed by atoms with E-state index in [0.717, 1.165) is 25.6 Å². The van der Waals surface area contributed by atoms with Gasteiger partial charge in [0.15, 0.2) is 0 Å². The van der Waals surface area contributed by atoms with Crippen LogP contribution in [-0.4, -0.2) is 43.3 Å². The van der Waals surface area contributed by atoms with E-state index in [9.17, 15) is 0 Å². The van der Waals surface area contributed by atoms with E-state index in [-0.39, 0.29) is 12.4 Å². The molecule has 0 amide bonds. The summed E-state index contributed by atoms with van der Waals surface area (Å²) in [6, 6.07) is 0.574. The normalized spacial score (nSPS) is 26.8. The molecule has 3 nitrogen and oxygen atoms in total. The molecule has 0 aliphatic carbocycles. The van der Waals surface area contributed by atoms with Crippen molar-refractivity contribution in [1.82, 2.24) is 4.90 Å². The number of nitrogens with zero attached hydrogens (tertiary/aromatic N) is 1. The maximum Gasteiger partial charge on any atom is 0.0597 e. The minimum atomic E-state index is 0. The average Bonchev–Trinajstić information content (AvgIpc) is 2.19. The van der Waals surface area contributed by atoms with Crippen molar-refractivity contribution in [2.45, 2.75) is 45.8 Å². The van der Waals surface area contributed by atoms with Crippen LogP contribution in [0.25, 0.3) is 0 Å². The van der Waals surface area contributed by atoms with Gasteiger partial charge in [-0.25, -0.2) is 0 Å². The molecule has 0 radical (unpaired) electrons. The monoisotopic (exact) mass is 250 g/mol. The van der Waals surface area contributed by atoms with Gasteiger partial charge in [0.2, 0.25) is 0 Å². The molecule has 0 aromatic heterocycles. The lowest BCUT2D eigenvalue weighted by molar-refractivity contribution is 0.0351. The van der Waals surface area contributed by atoms with Crippen LogP contribution in [0.3, 0.4) is 0 Å². The summed E-state index contributed by atoms with van der Waals surface area (Å²) in [7, 11) is 0. The number of hydrogen-bond acceptors (Lipinski definition) is 3. The Hall–Kier alpha value is 0.170. The number of halogens is 1. The fourth-order valence-electron chi connectivity index (χ4n) is 2.25. The summed E-state index contributed by atoms with van der Waals surface area (Å²) < 4.78 is 5.58. The Morgan fingerprint density at radius 1 is 1.44 bits per heavy atom. The zero-order valence-corrected chi connectivity index (χ0v) is 11.6. The molecule has 1 aliphatic heterocycles. The van der Waals surface area contributed by atoms with E-state index in [2.05, 4.69) is 25.7 Å². The Kier molecular flexibility index (Phi) is 8.38. The van der Waals surface area contributed by atoms with Gasteiger partial charge in [0.25, 0.3) is 0 Å². The first-order valence-corrected chi connectivity index (χ1v) is 6.19. The summed E-state index contributed by atoms with van der Waals surface area (Å²) in [5.74, 6) is 0.834. The maximum atomic E-state index is 5.80. The molecular formula is C12H27ClN2O. The number of piperidine rings is 1. The van der Waals surface area contributed by atoms with Crippen molar-refractivity contribution in [3.05, 3.63) is 0 Å². The van der Waals surface area contributed by atoms with Gasteiger partial charge >= 0.3 is 0 Å². The van der Waals surface area contributed by atoms with Crippen LogP contribution in [0.2, 0.25) is 0 Å². The Labute approximate surface area is 106 Å². The molecule has 0 aromatic carbocycles. The molecule has 1 rings (SSSR count). The molecule has 1 heterocycles. The summed E-state index contributed by atoms with van der Waals surface area (Å²) >= 11 is 0. The average molecular weight is 251 g/mol. The molecule has 0 saturated carbocycles. The lowest BCUT2D eigenvalue weighted by Gasteiger charge is -2.37. The van der Waals surface area contributed by atoms with Crippen LogP contribution in [0, 0.1) is 5.92 Å². The first-order valence-electron chi connectivity index (χ1n) is 6.19. The fourth-order valence-corrected chi connectivity index (χ4v) is 2.25. The fraction of sp³-hybridized carbons (Fsp3) is 1.00. The van der Waals surface area contributed by atoms with E-state index >= 15 is 0 Å². The molecule has 98 valence electrons. The first kappa shape index (κ1) is 16.2. The van der Waals surface area contributed by atoms with Crippen molar-refractivity contribution in [2.24, 2.45) is 11.7 Å². The van der Waals surface area contributed by atoms with Gasteiger partial charge in [-0.15, -0.1) is 12.4 Å². The van der Waals surface area contributed by atoms with Crippen molar-refractivity contribution in [3.63, 3.8) is 0 Å². The highest BCUT2D eigenvalue weighted by molar-refractivity contribution is 5.85. The quantitative estimate of drug-likeness (QED) is 0.810. The molecule has 0 spiro atoms. The van der Waals surface area contributed by atoms with Gasteiger partial charge in [0.05, 0.1) is 12.7 Å². The van der Waals surface area contributed by atoms with Crippen LogP contribution in [0.15, 0.2) is 0 Å².